The van der Waals surface area contributed by atoms with Gasteiger partial charge in [-0.2, -0.15) is 0 Å². The van der Waals surface area contributed by atoms with Gasteiger partial charge in [-0.15, -0.1) is 0 Å². The fraction of sp³-hybridized carbons (Fsp3) is 0.538. The average Bonchev–Trinajstić information content (AvgIpc) is 2.25. The largest absolute Gasteiger partial charge is 0.312 e. The fourth-order valence-electron chi connectivity index (χ4n) is 2.08. The predicted octanol–water partition coefficient (Wildman–Crippen LogP) is 2.14. The second-order valence-electron chi connectivity index (χ2n) is 4.77. The molecule has 2 atom stereocenters. The van der Waals surface area contributed by atoms with E-state index in [1.807, 2.05) is 0 Å². The van der Waals surface area contributed by atoms with E-state index in [-0.39, 0.29) is 11.9 Å². The summed E-state index contributed by atoms with van der Waals surface area (Å²) in [5, 5.41) is 2.43. The van der Waals surface area contributed by atoms with Crippen LogP contribution in [0, 0.1) is 19.7 Å². The van der Waals surface area contributed by atoms with Crippen molar-refractivity contribution in [3.05, 3.63) is 34.6 Å². The Labute approximate surface area is 108 Å². The summed E-state index contributed by atoms with van der Waals surface area (Å²) in [7, 11) is -1.45. The Kier molecular flexibility index (Phi) is 4.50. The van der Waals surface area contributed by atoms with Gasteiger partial charge in [-0.3, -0.25) is 0 Å². The van der Waals surface area contributed by atoms with Gasteiger partial charge in [-0.05, 0) is 44.5 Å². The SMILES string of the molecule is CNC(c1cc(C)c(F)c(C)c1)C(C)S(C)(=O)=O. The van der Waals surface area contributed by atoms with Crippen LogP contribution in [-0.4, -0.2) is 27.0 Å². The minimum absolute atomic E-state index is 0.236. The van der Waals surface area contributed by atoms with Crippen molar-refractivity contribution in [2.24, 2.45) is 0 Å². The van der Waals surface area contributed by atoms with Crippen LogP contribution in [0.3, 0.4) is 0 Å². The summed E-state index contributed by atoms with van der Waals surface area (Å²) in [4.78, 5) is 0. The van der Waals surface area contributed by atoms with Crippen LogP contribution < -0.4 is 5.32 Å². The summed E-state index contributed by atoms with van der Waals surface area (Å²) in [6, 6.07) is 3.06. The molecule has 2 unspecified atom stereocenters. The van der Waals surface area contributed by atoms with Gasteiger partial charge in [0.1, 0.15) is 5.82 Å². The van der Waals surface area contributed by atoms with Crippen molar-refractivity contribution in [3.8, 4) is 0 Å². The van der Waals surface area contributed by atoms with Crippen molar-refractivity contribution in [3.63, 3.8) is 0 Å². The Morgan fingerprint density at radius 3 is 2.00 bits per heavy atom. The van der Waals surface area contributed by atoms with Crippen LogP contribution in [0.4, 0.5) is 4.39 Å². The summed E-state index contributed by atoms with van der Waals surface area (Å²) in [5.74, 6) is -0.236. The number of aryl methyl sites for hydroxylation is 2. The molecule has 0 spiro atoms. The topological polar surface area (TPSA) is 46.2 Å². The first-order chi connectivity index (χ1) is 8.18. The van der Waals surface area contributed by atoms with Crippen molar-refractivity contribution in [1.29, 1.82) is 0 Å². The van der Waals surface area contributed by atoms with Crippen LogP contribution >= 0.6 is 0 Å². The molecule has 0 heterocycles. The molecule has 1 N–H and O–H groups in total. The number of nitrogens with one attached hydrogen (secondary N) is 1. The molecule has 1 aromatic carbocycles. The van der Waals surface area contributed by atoms with E-state index in [0.717, 1.165) is 5.56 Å². The van der Waals surface area contributed by atoms with E-state index in [4.69, 9.17) is 0 Å². The van der Waals surface area contributed by atoms with Gasteiger partial charge in [0.25, 0.3) is 0 Å². The predicted molar refractivity (Wildman–Crippen MR) is 72.0 cm³/mol. The first-order valence-electron chi connectivity index (χ1n) is 5.81. The molecule has 0 bridgehead atoms. The van der Waals surface area contributed by atoms with E-state index < -0.39 is 15.1 Å². The number of rotatable bonds is 4. The molecule has 0 radical (unpaired) electrons. The van der Waals surface area contributed by atoms with Crippen LogP contribution in [0.2, 0.25) is 0 Å². The second kappa shape index (κ2) is 5.36. The minimum atomic E-state index is -3.15. The van der Waals surface area contributed by atoms with E-state index >= 15 is 0 Å². The highest BCUT2D eigenvalue weighted by molar-refractivity contribution is 7.91. The highest BCUT2D eigenvalue weighted by atomic mass is 32.2. The van der Waals surface area contributed by atoms with E-state index in [9.17, 15) is 12.8 Å². The molecule has 0 aliphatic rings. The van der Waals surface area contributed by atoms with Crippen molar-refractivity contribution < 1.29 is 12.8 Å². The van der Waals surface area contributed by atoms with Crippen molar-refractivity contribution >= 4 is 9.84 Å². The maximum atomic E-state index is 13.6. The zero-order chi connectivity index (χ0) is 14.1. The molecule has 0 aliphatic carbocycles. The molecule has 0 saturated carbocycles. The Bertz CT molecular complexity index is 517. The maximum Gasteiger partial charge on any atom is 0.151 e. The zero-order valence-electron chi connectivity index (χ0n) is 11.4. The van der Waals surface area contributed by atoms with Gasteiger partial charge in [-0.1, -0.05) is 12.1 Å². The van der Waals surface area contributed by atoms with Gasteiger partial charge in [0, 0.05) is 12.3 Å². The third-order valence-electron chi connectivity index (χ3n) is 3.27. The molecule has 0 amide bonds. The van der Waals surface area contributed by atoms with E-state index in [1.54, 1.807) is 40.0 Å². The number of benzene rings is 1. The number of hydrogen-bond acceptors (Lipinski definition) is 3. The first kappa shape index (κ1) is 15.1. The normalized spacial score (nSPS) is 15.4. The van der Waals surface area contributed by atoms with E-state index in [2.05, 4.69) is 5.32 Å². The molecule has 0 aromatic heterocycles. The van der Waals surface area contributed by atoms with Crippen LogP contribution in [0.1, 0.15) is 29.7 Å². The summed E-state index contributed by atoms with van der Waals surface area (Å²) in [6.07, 6.45) is 1.21. The average molecular weight is 273 g/mol. The molecule has 1 aromatic rings. The summed E-state index contributed by atoms with van der Waals surface area (Å²) >= 11 is 0. The highest BCUT2D eigenvalue weighted by Gasteiger charge is 2.26. The molecule has 18 heavy (non-hydrogen) atoms. The lowest BCUT2D eigenvalue weighted by atomic mass is 9.99. The van der Waals surface area contributed by atoms with Crippen LogP contribution in [-0.2, 0) is 9.84 Å². The van der Waals surface area contributed by atoms with Gasteiger partial charge in [0.05, 0.1) is 5.25 Å². The fourth-order valence-corrected chi connectivity index (χ4v) is 2.87. The van der Waals surface area contributed by atoms with Gasteiger partial charge in [0.15, 0.2) is 9.84 Å². The Balaban J connectivity index is 3.26. The number of sulfone groups is 1. The Hall–Kier alpha value is -0.940. The van der Waals surface area contributed by atoms with Gasteiger partial charge in [-0.25, -0.2) is 12.8 Å². The molecule has 0 saturated heterocycles. The summed E-state index contributed by atoms with van der Waals surface area (Å²) < 4.78 is 36.8. The monoisotopic (exact) mass is 273 g/mol. The molecular formula is C13H20FNO2S. The number of halogens is 1. The summed E-state index contributed by atoms with van der Waals surface area (Å²) in [5.41, 5.74) is 1.86. The standard InChI is InChI=1S/C13H20FNO2S/c1-8-6-11(7-9(2)12(8)14)13(15-4)10(3)18(5,16)17/h6-7,10,13,15H,1-5H3. The Morgan fingerprint density at radius 2 is 1.67 bits per heavy atom. The van der Waals surface area contributed by atoms with Gasteiger partial charge >= 0.3 is 0 Å². The lowest BCUT2D eigenvalue weighted by Gasteiger charge is -2.23. The smallest absolute Gasteiger partial charge is 0.151 e. The van der Waals surface area contributed by atoms with E-state index in [1.165, 1.54) is 6.26 Å². The van der Waals surface area contributed by atoms with Crippen LogP contribution in [0.15, 0.2) is 12.1 Å². The maximum absolute atomic E-state index is 13.6. The highest BCUT2D eigenvalue weighted by Crippen LogP contribution is 2.25. The number of hydrogen-bond donors (Lipinski definition) is 1. The lowest BCUT2D eigenvalue weighted by molar-refractivity contribution is 0.532. The second-order valence-corrected chi connectivity index (χ2v) is 7.17. The van der Waals surface area contributed by atoms with Crippen molar-refractivity contribution in [1.82, 2.24) is 5.32 Å². The van der Waals surface area contributed by atoms with Gasteiger partial charge in [0.2, 0.25) is 0 Å². The van der Waals surface area contributed by atoms with Crippen molar-refractivity contribution in [2.45, 2.75) is 32.1 Å². The molecular weight excluding hydrogens is 253 g/mol. The quantitative estimate of drug-likeness (QED) is 0.914. The van der Waals surface area contributed by atoms with E-state index in [0.29, 0.717) is 11.1 Å². The summed E-state index contributed by atoms with van der Waals surface area (Å²) in [6.45, 7) is 5.03. The first-order valence-corrected chi connectivity index (χ1v) is 7.76. The lowest BCUT2D eigenvalue weighted by Crippen LogP contribution is -2.33. The molecule has 102 valence electrons. The van der Waals surface area contributed by atoms with Gasteiger partial charge < -0.3 is 5.32 Å². The van der Waals surface area contributed by atoms with Crippen LogP contribution in [0.25, 0.3) is 0 Å². The molecule has 0 aliphatic heterocycles. The molecule has 0 fully saturated rings. The molecule has 3 nitrogen and oxygen atoms in total. The Morgan fingerprint density at radius 1 is 1.22 bits per heavy atom. The molecule has 5 heteroatoms. The third kappa shape index (κ3) is 3.09. The minimum Gasteiger partial charge on any atom is -0.312 e. The molecule has 1 rings (SSSR count). The van der Waals surface area contributed by atoms with Crippen molar-refractivity contribution in [2.75, 3.05) is 13.3 Å². The van der Waals surface area contributed by atoms with Crippen LogP contribution in [0.5, 0.6) is 0 Å². The third-order valence-corrected chi connectivity index (χ3v) is 4.90. The zero-order valence-corrected chi connectivity index (χ0v) is 12.2.